The molecule has 0 amide bonds. The summed E-state index contributed by atoms with van der Waals surface area (Å²) in [4.78, 5) is 1.91. The predicted molar refractivity (Wildman–Crippen MR) is 80.0 cm³/mol. The van der Waals surface area contributed by atoms with Crippen LogP contribution in [-0.2, 0) is 4.74 Å². The number of aliphatic hydroxyl groups is 4. The minimum absolute atomic E-state index is 0.0983. The molecule has 1 saturated heterocycles. The zero-order valence-electron chi connectivity index (χ0n) is 13.0. The molecule has 21 heavy (non-hydrogen) atoms. The van der Waals surface area contributed by atoms with Gasteiger partial charge in [0, 0.05) is 39.5 Å². The van der Waals surface area contributed by atoms with Gasteiger partial charge in [-0.25, -0.2) is 0 Å². The molecule has 0 aromatic heterocycles. The topological polar surface area (TPSA) is 93.4 Å². The van der Waals surface area contributed by atoms with Gasteiger partial charge in [-0.2, -0.15) is 0 Å². The summed E-state index contributed by atoms with van der Waals surface area (Å²) in [6.45, 7) is 5.06. The Kier molecular flexibility index (Phi) is 9.39. The van der Waals surface area contributed by atoms with Crippen LogP contribution in [0.15, 0.2) is 0 Å². The van der Waals surface area contributed by atoms with Gasteiger partial charge < -0.3 is 25.2 Å². The largest absolute Gasteiger partial charge is 0.396 e. The number of ether oxygens (including phenoxy) is 1. The number of unbranched alkanes of at least 4 members (excludes halogenated alkanes) is 1. The highest BCUT2D eigenvalue weighted by atomic mass is 16.5. The number of aliphatic hydroxyl groups excluding tert-OH is 4. The van der Waals surface area contributed by atoms with Crippen LogP contribution >= 0.6 is 0 Å². The van der Waals surface area contributed by atoms with Gasteiger partial charge in [-0.15, -0.1) is 0 Å². The number of likely N-dealkylation sites (tertiary alicyclic amines) is 1. The van der Waals surface area contributed by atoms with Gasteiger partial charge in [0.2, 0.25) is 0 Å². The third kappa shape index (κ3) is 7.04. The molecule has 0 saturated carbocycles. The van der Waals surface area contributed by atoms with E-state index in [4.69, 9.17) is 4.74 Å². The molecule has 126 valence electrons. The van der Waals surface area contributed by atoms with Crippen molar-refractivity contribution in [2.24, 2.45) is 5.92 Å². The van der Waals surface area contributed by atoms with E-state index in [1.165, 1.54) is 0 Å². The summed E-state index contributed by atoms with van der Waals surface area (Å²) in [5.41, 5.74) is 0. The SMILES string of the molecule is CCCOCCCC[C@@H](CO)CN1CC(O)C(O)C(O)C1. The molecule has 1 heterocycles. The van der Waals surface area contributed by atoms with Crippen LogP contribution in [0.25, 0.3) is 0 Å². The van der Waals surface area contributed by atoms with Crippen molar-refractivity contribution >= 4 is 0 Å². The van der Waals surface area contributed by atoms with Gasteiger partial charge in [0.15, 0.2) is 0 Å². The summed E-state index contributed by atoms with van der Waals surface area (Å²) < 4.78 is 5.42. The number of β-amino-alcohol motifs (C(OH)–C–C–N with tert-alkyl or cyclic N) is 2. The van der Waals surface area contributed by atoms with Crippen LogP contribution in [0.4, 0.5) is 0 Å². The Balaban J connectivity index is 2.21. The van der Waals surface area contributed by atoms with Crippen LogP contribution in [0.3, 0.4) is 0 Å². The van der Waals surface area contributed by atoms with E-state index in [-0.39, 0.29) is 12.5 Å². The maximum atomic E-state index is 9.67. The number of hydrogen-bond donors (Lipinski definition) is 4. The first kappa shape index (κ1) is 18.8. The lowest BCUT2D eigenvalue weighted by atomic mass is 9.98. The van der Waals surface area contributed by atoms with Gasteiger partial charge in [0.25, 0.3) is 0 Å². The lowest BCUT2D eigenvalue weighted by Gasteiger charge is -2.38. The van der Waals surface area contributed by atoms with Crippen molar-refractivity contribution in [2.45, 2.75) is 50.9 Å². The Labute approximate surface area is 127 Å². The van der Waals surface area contributed by atoms with E-state index in [0.717, 1.165) is 38.9 Å². The normalized spacial score (nSPS) is 28.7. The molecule has 0 radical (unpaired) electrons. The highest BCUT2D eigenvalue weighted by Gasteiger charge is 2.33. The fourth-order valence-corrected chi connectivity index (χ4v) is 2.71. The second kappa shape index (κ2) is 10.5. The lowest BCUT2D eigenvalue weighted by Crippen LogP contribution is -2.56. The van der Waals surface area contributed by atoms with Crippen LogP contribution in [-0.4, -0.2) is 83.1 Å². The summed E-state index contributed by atoms with van der Waals surface area (Å²) in [5.74, 6) is 0.130. The molecule has 6 heteroatoms. The molecule has 0 spiro atoms. The Morgan fingerprint density at radius 2 is 1.76 bits per heavy atom. The van der Waals surface area contributed by atoms with Crippen molar-refractivity contribution in [1.82, 2.24) is 4.90 Å². The molecule has 0 aliphatic carbocycles. The van der Waals surface area contributed by atoms with Crippen molar-refractivity contribution < 1.29 is 25.2 Å². The van der Waals surface area contributed by atoms with Crippen molar-refractivity contribution in [3.05, 3.63) is 0 Å². The van der Waals surface area contributed by atoms with Crippen molar-refractivity contribution in [3.63, 3.8) is 0 Å². The predicted octanol–water partition coefficient (Wildman–Crippen LogP) is -0.410. The zero-order valence-corrected chi connectivity index (χ0v) is 13.0. The van der Waals surface area contributed by atoms with Crippen molar-refractivity contribution in [3.8, 4) is 0 Å². The molecule has 0 aromatic rings. The van der Waals surface area contributed by atoms with Crippen LogP contribution in [0.5, 0.6) is 0 Å². The molecular weight excluding hydrogens is 274 g/mol. The third-order valence-corrected chi connectivity index (χ3v) is 3.95. The van der Waals surface area contributed by atoms with E-state index in [0.29, 0.717) is 19.6 Å². The molecular formula is C15H31NO5. The summed E-state index contributed by atoms with van der Waals surface area (Å²) >= 11 is 0. The van der Waals surface area contributed by atoms with E-state index >= 15 is 0 Å². The number of nitrogens with zero attached hydrogens (tertiary/aromatic N) is 1. The molecule has 1 aliphatic rings. The molecule has 6 nitrogen and oxygen atoms in total. The average Bonchev–Trinajstić information content (AvgIpc) is 2.47. The molecule has 0 aromatic carbocycles. The maximum Gasteiger partial charge on any atom is 0.108 e. The molecule has 3 atom stereocenters. The highest BCUT2D eigenvalue weighted by molar-refractivity contribution is 4.87. The molecule has 1 aliphatic heterocycles. The van der Waals surface area contributed by atoms with Crippen LogP contribution in [0.2, 0.25) is 0 Å². The van der Waals surface area contributed by atoms with Gasteiger partial charge in [0.05, 0.1) is 12.2 Å². The van der Waals surface area contributed by atoms with Crippen LogP contribution in [0, 0.1) is 5.92 Å². The number of rotatable bonds is 10. The standard InChI is InChI=1S/C15H31NO5/c1-2-6-21-7-4-3-5-12(11-17)8-16-9-13(18)15(20)14(19)10-16/h12-15,17-20H,2-11H2,1H3/t12-,13?,14?,15?/m1/s1. The minimum Gasteiger partial charge on any atom is -0.396 e. The molecule has 4 N–H and O–H groups in total. The second-order valence-electron chi connectivity index (χ2n) is 6.00. The minimum atomic E-state index is -1.07. The average molecular weight is 305 g/mol. The van der Waals surface area contributed by atoms with E-state index < -0.39 is 18.3 Å². The van der Waals surface area contributed by atoms with Crippen LogP contribution in [0.1, 0.15) is 32.6 Å². The van der Waals surface area contributed by atoms with Crippen LogP contribution < -0.4 is 0 Å². The van der Waals surface area contributed by atoms with Gasteiger partial charge in [-0.3, -0.25) is 4.90 Å². The fraction of sp³-hybridized carbons (Fsp3) is 1.00. The summed E-state index contributed by atoms with van der Waals surface area (Å²) in [5, 5.41) is 38.3. The Bertz CT molecular complexity index is 254. The molecule has 0 bridgehead atoms. The summed E-state index contributed by atoms with van der Waals surface area (Å²) in [6, 6.07) is 0. The quantitative estimate of drug-likeness (QED) is 0.410. The smallest absolute Gasteiger partial charge is 0.108 e. The highest BCUT2D eigenvalue weighted by Crippen LogP contribution is 2.16. The van der Waals surface area contributed by atoms with E-state index in [9.17, 15) is 20.4 Å². The van der Waals surface area contributed by atoms with Crippen molar-refractivity contribution in [1.29, 1.82) is 0 Å². The first-order valence-corrected chi connectivity index (χ1v) is 8.03. The monoisotopic (exact) mass is 305 g/mol. The molecule has 1 rings (SSSR count). The number of hydrogen-bond acceptors (Lipinski definition) is 6. The number of piperidine rings is 1. The third-order valence-electron chi connectivity index (χ3n) is 3.95. The van der Waals surface area contributed by atoms with Gasteiger partial charge in [-0.05, 0) is 25.2 Å². The maximum absolute atomic E-state index is 9.67. The van der Waals surface area contributed by atoms with Gasteiger partial charge >= 0.3 is 0 Å². The summed E-state index contributed by atoms with van der Waals surface area (Å²) in [7, 11) is 0. The van der Waals surface area contributed by atoms with E-state index in [1.807, 2.05) is 4.90 Å². The van der Waals surface area contributed by atoms with Crippen molar-refractivity contribution in [2.75, 3.05) is 39.5 Å². The van der Waals surface area contributed by atoms with E-state index in [1.54, 1.807) is 0 Å². The first-order chi connectivity index (χ1) is 10.1. The van der Waals surface area contributed by atoms with Gasteiger partial charge in [-0.1, -0.05) is 13.3 Å². The Hall–Kier alpha value is -0.240. The molecule has 1 fully saturated rings. The Morgan fingerprint density at radius 3 is 2.33 bits per heavy atom. The molecule has 2 unspecified atom stereocenters. The zero-order chi connectivity index (χ0) is 15.7. The summed E-state index contributed by atoms with van der Waals surface area (Å²) in [6.07, 6.45) is 1.01. The first-order valence-electron chi connectivity index (χ1n) is 8.03. The Morgan fingerprint density at radius 1 is 1.10 bits per heavy atom. The fourth-order valence-electron chi connectivity index (χ4n) is 2.71. The second-order valence-corrected chi connectivity index (χ2v) is 6.00. The van der Waals surface area contributed by atoms with E-state index in [2.05, 4.69) is 6.92 Å². The lowest BCUT2D eigenvalue weighted by molar-refractivity contribution is -0.112. The van der Waals surface area contributed by atoms with Gasteiger partial charge in [0.1, 0.15) is 6.10 Å².